The van der Waals surface area contributed by atoms with E-state index in [0.717, 1.165) is 36.9 Å². The van der Waals surface area contributed by atoms with Crippen LogP contribution < -0.4 is 4.90 Å². The van der Waals surface area contributed by atoms with Crippen molar-refractivity contribution in [3.05, 3.63) is 36.4 Å². The van der Waals surface area contributed by atoms with Crippen LogP contribution in [-0.4, -0.2) is 28.1 Å². The van der Waals surface area contributed by atoms with Gasteiger partial charge in [-0.05, 0) is 19.8 Å². The Morgan fingerprint density at radius 2 is 1.71 bits per heavy atom. The monoisotopic (exact) mass is 323 g/mol. The first-order chi connectivity index (χ1) is 11.7. The van der Waals surface area contributed by atoms with E-state index in [9.17, 15) is 9.59 Å². The molecule has 1 amide bonds. The van der Waals surface area contributed by atoms with Gasteiger partial charge in [0.25, 0.3) is 5.91 Å². The number of hydrogen-bond donors (Lipinski definition) is 0. The summed E-state index contributed by atoms with van der Waals surface area (Å²) < 4.78 is 1.47. The van der Waals surface area contributed by atoms with E-state index >= 15 is 0 Å². The number of aromatic nitrogens is 2. The van der Waals surface area contributed by atoms with E-state index in [1.165, 1.54) is 4.68 Å². The average molecular weight is 323 g/mol. The SMILES string of the molecule is CCN1C(=O)C2CCCCC2C(=O)n2nc(-c3ccccc3)cc21. The molecule has 1 aliphatic carbocycles. The molecule has 0 spiro atoms. The van der Waals surface area contributed by atoms with E-state index in [-0.39, 0.29) is 23.7 Å². The lowest BCUT2D eigenvalue weighted by Gasteiger charge is -2.29. The topological polar surface area (TPSA) is 55.2 Å². The number of fused-ring (bicyclic) bond motifs is 2. The number of anilines is 1. The molecule has 2 aliphatic rings. The smallest absolute Gasteiger partial charge is 0.252 e. The van der Waals surface area contributed by atoms with Gasteiger partial charge in [-0.2, -0.15) is 9.78 Å². The van der Waals surface area contributed by atoms with Crippen LogP contribution in [0.1, 0.15) is 37.4 Å². The first-order valence-corrected chi connectivity index (χ1v) is 8.71. The third-order valence-corrected chi connectivity index (χ3v) is 5.23. The Balaban J connectivity index is 1.84. The summed E-state index contributed by atoms with van der Waals surface area (Å²) >= 11 is 0. The highest BCUT2D eigenvalue weighted by molar-refractivity contribution is 6.02. The van der Waals surface area contributed by atoms with E-state index < -0.39 is 0 Å². The largest absolute Gasteiger partial charge is 0.297 e. The number of nitrogens with zero attached hydrogens (tertiary/aromatic N) is 3. The quantitative estimate of drug-likeness (QED) is 0.851. The van der Waals surface area contributed by atoms with Crippen LogP contribution in [0.15, 0.2) is 36.4 Å². The minimum Gasteiger partial charge on any atom is -0.297 e. The van der Waals surface area contributed by atoms with Crippen LogP contribution in [0.2, 0.25) is 0 Å². The molecule has 1 saturated carbocycles. The van der Waals surface area contributed by atoms with Gasteiger partial charge in [0.1, 0.15) is 5.82 Å². The Bertz CT molecular complexity index is 781. The van der Waals surface area contributed by atoms with Crippen molar-refractivity contribution in [3.63, 3.8) is 0 Å². The Morgan fingerprint density at radius 1 is 1.04 bits per heavy atom. The minimum absolute atomic E-state index is 0.0267. The van der Waals surface area contributed by atoms with Gasteiger partial charge in [0.15, 0.2) is 0 Å². The summed E-state index contributed by atoms with van der Waals surface area (Å²) in [6.07, 6.45) is 3.62. The van der Waals surface area contributed by atoms with Gasteiger partial charge in [-0.1, -0.05) is 43.2 Å². The number of amides is 1. The molecule has 0 N–H and O–H groups in total. The molecule has 2 unspecified atom stereocenters. The number of hydrogen-bond acceptors (Lipinski definition) is 3. The maximum absolute atomic E-state index is 13.0. The second-order valence-corrected chi connectivity index (χ2v) is 6.58. The summed E-state index contributed by atoms with van der Waals surface area (Å²) in [7, 11) is 0. The molecule has 2 heterocycles. The molecule has 1 fully saturated rings. The molecular formula is C19H21N3O2. The van der Waals surface area contributed by atoms with Gasteiger partial charge in [-0.3, -0.25) is 14.5 Å². The zero-order valence-electron chi connectivity index (χ0n) is 13.8. The van der Waals surface area contributed by atoms with Gasteiger partial charge < -0.3 is 0 Å². The lowest BCUT2D eigenvalue weighted by atomic mass is 9.78. The highest BCUT2D eigenvalue weighted by Crippen LogP contribution is 2.38. The maximum atomic E-state index is 13.0. The van der Waals surface area contributed by atoms with Crippen molar-refractivity contribution >= 4 is 17.6 Å². The van der Waals surface area contributed by atoms with Crippen molar-refractivity contribution in [2.24, 2.45) is 11.8 Å². The van der Waals surface area contributed by atoms with Crippen molar-refractivity contribution in [1.29, 1.82) is 0 Å². The molecule has 1 aliphatic heterocycles. The summed E-state index contributed by atoms with van der Waals surface area (Å²) in [5, 5.41) is 4.56. The van der Waals surface area contributed by atoms with Gasteiger partial charge in [-0.25, -0.2) is 0 Å². The Hall–Kier alpha value is -2.43. The van der Waals surface area contributed by atoms with Gasteiger partial charge in [0, 0.05) is 18.2 Å². The zero-order valence-corrected chi connectivity index (χ0v) is 13.8. The molecule has 0 bridgehead atoms. The minimum atomic E-state index is -0.231. The summed E-state index contributed by atoms with van der Waals surface area (Å²) in [5.74, 6) is 0.244. The lowest BCUT2D eigenvalue weighted by molar-refractivity contribution is -0.124. The van der Waals surface area contributed by atoms with Crippen molar-refractivity contribution < 1.29 is 9.59 Å². The van der Waals surface area contributed by atoms with Gasteiger partial charge in [-0.15, -0.1) is 0 Å². The number of carbonyl (C=O) groups excluding carboxylic acids is 2. The first kappa shape index (κ1) is 15.1. The highest BCUT2D eigenvalue weighted by Gasteiger charge is 2.43. The van der Waals surface area contributed by atoms with Crippen LogP contribution in [0.4, 0.5) is 5.82 Å². The van der Waals surface area contributed by atoms with Crippen LogP contribution in [0.3, 0.4) is 0 Å². The molecule has 24 heavy (non-hydrogen) atoms. The molecule has 0 radical (unpaired) electrons. The van der Waals surface area contributed by atoms with Crippen molar-refractivity contribution in [1.82, 2.24) is 9.78 Å². The Morgan fingerprint density at radius 3 is 2.38 bits per heavy atom. The zero-order chi connectivity index (χ0) is 16.7. The fourth-order valence-corrected chi connectivity index (χ4v) is 3.99. The Kier molecular flexibility index (Phi) is 3.71. The van der Waals surface area contributed by atoms with Gasteiger partial charge in [0.05, 0.1) is 17.5 Å². The molecule has 2 aromatic rings. The lowest BCUT2D eigenvalue weighted by Crippen LogP contribution is -2.39. The van der Waals surface area contributed by atoms with Crippen LogP contribution in [0.25, 0.3) is 11.3 Å². The molecule has 4 rings (SSSR count). The van der Waals surface area contributed by atoms with Gasteiger partial charge in [0.2, 0.25) is 5.91 Å². The fourth-order valence-electron chi connectivity index (χ4n) is 3.99. The van der Waals surface area contributed by atoms with Crippen molar-refractivity contribution in [2.45, 2.75) is 32.6 Å². The number of rotatable bonds is 2. The molecular weight excluding hydrogens is 302 g/mol. The van der Waals surface area contributed by atoms with E-state index in [1.54, 1.807) is 4.90 Å². The third kappa shape index (κ3) is 2.27. The first-order valence-electron chi connectivity index (χ1n) is 8.71. The van der Waals surface area contributed by atoms with Gasteiger partial charge >= 0.3 is 0 Å². The van der Waals surface area contributed by atoms with Crippen molar-refractivity contribution in [3.8, 4) is 11.3 Å². The number of benzene rings is 1. The van der Waals surface area contributed by atoms with E-state index in [0.29, 0.717) is 12.4 Å². The molecule has 124 valence electrons. The molecule has 0 saturated heterocycles. The van der Waals surface area contributed by atoms with Crippen LogP contribution in [-0.2, 0) is 4.79 Å². The van der Waals surface area contributed by atoms with Crippen molar-refractivity contribution in [2.75, 3.05) is 11.4 Å². The maximum Gasteiger partial charge on any atom is 0.252 e. The molecule has 5 nitrogen and oxygen atoms in total. The van der Waals surface area contributed by atoms with E-state index in [4.69, 9.17) is 0 Å². The van der Waals surface area contributed by atoms with Crippen LogP contribution in [0.5, 0.6) is 0 Å². The van der Waals surface area contributed by atoms with E-state index in [1.807, 2.05) is 43.3 Å². The van der Waals surface area contributed by atoms with Crippen LogP contribution >= 0.6 is 0 Å². The average Bonchev–Trinajstić information content (AvgIpc) is 3.04. The summed E-state index contributed by atoms with van der Waals surface area (Å²) in [6, 6.07) is 11.6. The van der Waals surface area contributed by atoms with Crippen LogP contribution in [0, 0.1) is 11.8 Å². The molecule has 5 heteroatoms. The summed E-state index contributed by atoms with van der Waals surface area (Å²) in [5.41, 5.74) is 1.69. The standard InChI is InChI=1S/C19H21N3O2/c1-2-21-17-12-16(13-8-4-3-5-9-13)20-22(17)19(24)15-11-7-6-10-14(15)18(21)23/h3-5,8-9,12,14-15H,2,6-7,10-11H2,1H3. The third-order valence-electron chi connectivity index (χ3n) is 5.23. The second-order valence-electron chi connectivity index (χ2n) is 6.58. The normalized spacial score (nSPS) is 23.6. The fraction of sp³-hybridized carbons (Fsp3) is 0.421. The molecule has 1 aromatic carbocycles. The Labute approximate surface area is 141 Å². The second kappa shape index (κ2) is 5.89. The number of carbonyl (C=O) groups is 2. The van der Waals surface area contributed by atoms with E-state index in [2.05, 4.69) is 5.10 Å². The summed E-state index contributed by atoms with van der Waals surface area (Å²) in [4.78, 5) is 27.8. The predicted octanol–water partition coefficient (Wildman–Crippen LogP) is 3.36. The summed E-state index contributed by atoms with van der Waals surface area (Å²) in [6.45, 7) is 2.50. The molecule has 2 atom stereocenters. The highest BCUT2D eigenvalue weighted by atomic mass is 16.2. The molecule has 1 aromatic heterocycles. The predicted molar refractivity (Wildman–Crippen MR) is 91.8 cm³/mol.